The Morgan fingerprint density at radius 3 is 2.00 bits per heavy atom. The van der Waals surface area contributed by atoms with E-state index in [4.69, 9.17) is 9.97 Å². The summed E-state index contributed by atoms with van der Waals surface area (Å²) in [5.41, 5.74) is 8.04. The molecule has 0 amide bonds. The topological polar surface area (TPSA) is 35.1 Å². The van der Waals surface area contributed by atoms with Crippen LogP contribution in [0.3, 0.4) is 0 Å². The van der Waals surface area contributed by atoms with E-state index in [0.717, 1.165) is 38.3 Å². The molecule has 0 radical (unpaired) electrons. The van der Waals surface area contributed by atoms with Crippen LogP contribution in [-0.4, -0.2) is 18.9 Å². The fourth-order valence-corrected chi connectivity index (χ4v) is 9.55. The molecule has 0 spiro atoms. The molecule has 12 rings (SSSR count). The molecule has 0 N–H and O–H groups in total. The molecule has 0 saturated heterocycles. The van der Waals surface area contributed by atoms with Crippen LogP contribution < -0.4 is 0 Å². The number of fused-ring (bicyclic) bond motifs is 15. The van der Waals surface area contributed by atoms with Crippen LogP contribution in [0.1, 0.15) is 0 Å². The monoisotopic (exact) mass is 640 g/mol. The van der Waals surface area contributed by atoms with E-state index in [1.165, 1.54) is 69.9 Å². The smallest absolute Gasteiger partial charge is 0.162 e. The van der Waals surface area contributed by atoms with Crippen LogP contribution in [0.2, 0.25) is 0 Å². The highest BCUT2D eigenvalue weighted by Gasteiger charge is 2.27. The lowest BCUT2D eigenvalue weighted by Crippen LogP contribution is -2.01. The zero-order valence-electron chi connectivity index (χ0n) is 26.1. The van der Waals surface area contributed by atoms with Crippen LogP contribution in [0.25, 0.3) is 108 Å². The van der Waals surface area contributed by atoms with Gasteiger partial charge in [-0.15, -0.1) is 11.3 Å². The number of rotatable bonds is 2. The fraction of sp³-hybridized carbons (Fsp3) is 0. The van der Waals surface area contributed by atoms with Crippen molar-refractivity contribution < 1.29 is 0 Å². The van der Waals surface area contributed by atoms with Gasteiger partial charge in [-0.3, -0.25) is 4.57 Å². The van der Waals surface area contributed by atoms with Gasteiger partial charge in [0.05, 0.1) is 37.8 Å². The molecule has 49 heavy (non-hydrogen) atoms. The average Bonchev–Trinajstić information content (AvgIpc) is 3.90. The minimum absolute atomic E-state index is 0.732. The first-order valence-electron chi connectivity index (χ1n) is 16.6. The van der Waals surface area contributed by atoms with E-state index >= 15 is 0 Å². The van der Waals surface area contributed by atoms with E-state index in [-0.39, 0.29) is 0 Å². The maximum atomic E-state index is 5.50. The van der Waals surface area contributed by atoms with Gasteiger partial charge in [0.2, 0.25) is 0 Å². The van der Waals surface area contributed by atoms with Crippen molar-refractivity contribution in [3.63, 3.8) is 0 Å². The van der Waals surface area contributed by atoms with Gasteiger partial charge in [-0.1, -0.05) is 115 Å². The van der Waals surface area contributed by atoms with Crippen molar-refractivity contribution in [2.75, 3.05) is 0 Å². The van der Waals surface area contributed by atoms with Crippen molar-refractivity contribution in [2.24, 2.45) is 0 Å². The molecule has 0 saturated carbocycles. The second-order valence-electron chi connectivity index (χ2n) is 12.9. The minimum atomic E-state index is 0.732. The Balaban J connectivity index is 1.39. The zero-order valence-corrected chi connectivity index (χ0v) is 26.9. The number of benzene rings is 7. The van der Waals surface area contributed by atoms with E-state index in [1.54, 1.807) is 11.3 Å². The highest BCUT2D eigenvalue weighted by atomic mass is 32.1. The summed E-state index contributed by atoms with van der Waals surface area (Å²) in [4.78, 5) is 10.8. The average molecular weight is 641 g/mol. The lowest BCUT2D eigenvalue weighted by atomic mass is 9.99. The van der Waals surface area contributed by atoms with Crippen LogP contribution >= 0.6 is 11.3 Å². The third kappa shape index (κ3) is 3.23. The summed E-state index contributed by atoms with van der Waals surface area (Å²) in [6.07, 6.45) is 0. The highest BCUT2D eigenvalue weighted by molar-refractivity contribution is 7.26. The predicted octanol–water partition coefficient (Wildman–Crippen LogP) is 11.9. The quantitative estimate of drug-likeness (QED) is 0.188. The van der Waals surface area contributed by atoms with Crippen molar-refractivity contribution in [3.05, 3.63) is 146 Å². The van der Waals surface area contributed by atoms with Crippen LogP contribution in [0.15, 0.2) is 146 Å². The molecule has 12 aromatic rings. The molecule has 0 aliphatic heterocycles. The first-order valence-corrected chi connectivity index (χ1v) is 17.4. The van der Waals surface area contributed by atoms with E-state index in [9.17, 15) is 0 Å². The molecule has 0 bridgehead atoms. The normalized spacial score (nSPS) is 12.5. The van der Waals surface area contributed by atoms with Crippen LogP contribution in [0, 0.1) is 0 Å². The first-order chi connectivity index (χ1) is 24.3. The van der Waals surface area contributed by atoms with Gasteiger partial charge in [0.15, 0.2) is 11.6 Å². The predicted molar refractivity (Wildman–Crippen MR) is 207 cm³/mol. The third-order valence-corrected chi connectivity index (χ3v) is 11.6. The molecule has 4 nitrogen and oxygen atoms in total. The Labute approximate surface area is 283 Å². The van der Waals surface area contributed by atoms with Gasteiger partial charge in [-0.2, -0.15) is 0 Å². The molecule has 5 heteroatoms. The largest absolute Gasteiger partial charge is 0.308 e. The molecular weight excluding hydrogens is 617 g/mol. The standard InChI is InChI=1S/C44H24N4S/c1-2-13-26(14-3-1)43-45-39-30-18-8-11-21-36(30)49-42(39)44(46-43)48-34-20-10-7-17-29(34)32-24-31-28-16-6-9-19-33(28)47-35-23-22-25-12-4-5-15-27(25)37(35)38(40(31)47)41(32)48/h1-24H. The van der Waals surface area contributed by atoms with E-state index in [2.05, 4.69) is 148 Å². The summed E-state index contributed by atoms with van der Waals surface area (Å²) in [5.74, 6) is 1.65. The Hall–Kier alpha value is -6.30. The summed E-state index contributed by atoms with van der Waals surface area (Å²) in [6.45, 7) is 0. The van der Waals surface area contributed by atoms with E-state index in [1.807, 2.05) is 6.07 Å². The van der Waals surface area contributed by atoms with E-state index < -0.39 is 0 Å². The van der Waals surface area contributed by atoms with Gasteiger partial charge in [0, 0.05) is 48.0 Å². The maximum Gasteiger partial charge on any atom is 0.162 e. The molecular formula is C44H24N4S. The number of nitrogens with zero attached hydrogens (tertiary/aromatic N) is 4. The summed E-state index contributed by atoms with van der Waals surface area (Å²) in [5, 5.41) is 11.2. The summed E-state index contributed by atoms with van der Waals surface area (Å²) < 4.78 is 7.24. The van der Waals surface area contributed by atoms with Crippen LogP contribution in [-0.2, 0) is 0 Å². The molecule has 226 valence electrons. The molecule has 0 unspecified atom stereocenters. The van der Waals surface area contributed by atoms with Gasteiger partial charge < -0.3 is 4.40 Å². The molecule has 5 aromatic heterocycles. The fourth-order valence-electron chi connectivity index (χ4n) is 8.43. The second-order valence-corrected chi connectivity index (χ2v) is 14.0. The zero-order chi connectivity index (χ0) is 31.8. The minimum Gasteiger partial charge on any atom is -0.308 e. The second kappa shape index (κ2) is 9.19. The van der Waals surface area contributed by atoms with Crippen LogP contribution in [0.5, 0.6) is 0 Å². The molecule has 5 heterocycles. The van der Waals surface area contributed by atoms with E-state index in [0.29, 0.717) is 0 Å². The number of thiophene rings is 1. The molecule has 0 aliphatic rings. The first kappa shape index (κ1) is 25.7. The Morgan fingerprint density at radius 1 is 0.469 bits per heavy atom. The summed E-state index contributed by atoms with van der Waals surface area (Å²) in [6, 6.07) is 52.5. The summed E-state index contributed by atoms with van der Waals surface area (Å²) in [7, 11) is 0. The number of hydrogen-bond acceptors (Lipinski definition) is 3. The Bertz CT molecular complexity index is 3330. The van der Waals surface area contributed by atoms with Gasteiger partial charge >= 0.3 is 0 Å². The SMILES string of the molecule is c1ccc(-c2nc(-n3c4ccccc4c4cc5c6ccccc6n6c7ccc8ccccc8c7c(c43)c56)c3sc4ccccc4c3n2)cc1. The van der Waals surface area contributed by atoms with Crippen molar-refractivity contribution in [2.45, 2.75) is 0 Å². The molecule has 7 aromatic carbocycles. The van der Waals surface area contributed by atoms with Gasteiger partial charge in [-0.05, 0) is 41.1 Å². The highest BCUT2D eigenvalue weighted by Crippen LogP contribution is 2.49. The van der Waals surface area contributed by atoms with Crippen molar-refractivity contribution >= 4 is 102 Å². The van der Waals surface area contributed by atoms with Crippen molar-refractivity contribution in [1.29, 1.82) is 0 Å². The lowest BCUT2D eigenvalue weighted by molar-refractivity contribution is 1.08. The number of hydrogen-bond donors (Lipinski definition) is 0. The summed E-state index contributed by atoms with van der Waals surface area (Å²) >= 11 is 1.78. The lowest BCUT2D eigenvalue weighted by Gasteiger charge is -2.12. The Kier molecular flexibility index (Phi) is 4.83. The Morgan fingerprint density at radius 2 is 1.14 bits per heavy atom. The van der Waals surface area contributed by atoms with Crippen molar-refractivity contribution in [1.82, 2.24) is 18.9 Å². The maximum absolute atomic E-state index is 5.50. The molecule has 0 atom stereocenters. The van der Waals surface area contributed by atoms with Gasteiger partial charge in [-0.25, -0.2) is 9.97 Å². The van der Waals surface area contributed by atoms with Crippen molar-refractivity contribution in [3.8, 4) is 17.2 Å². The number of aromatic nitrogens is 4. The number of para-hydroxylation sites is 2. The molecule has 0 aliphatic carbocycles. The third-order valence-electron chi connectivity index (χ3n) is 10.4. The molecule has 0 fully saturated rings. The van der Waals surface area contributed by atoms with Gasteiger partial charge in [0.1, 0.15) is 0 Å². The van der Waals surface area contributed by atoms with Gasteiger partial charge in [0.25, 0.3) is 0 Å². The van der Waals surface area contributed by atoms with Crippen LogP contribution in [0.4, 0.5) is 0 Å².